The van der Waals surface area contributed by atoms with Crippen molar-refractivity contribution in [1.29, 1.82) is 0 Å². The Hall–Kier alpha value is -1.19. The average Bonchev–Trinajstić information content (AvgIpc) is 2.45. The van der Waals surface area contributed by atoms with Gasteiger partial charge in [-0.05, 0) is 60.5 Å². The van der Waals surface area contributed by atoms with Crippen molar-refractivity contribution >= 4 is 33.2 Å². The van der Waals surface area contributed by atoms with Crippen molar-refractivity contribution < 1.29 is 4.74 Å². The first-order valence-electron chi connectivity index (χ1n) is 6.96. The second-order valence-electron chi connectivity index (χ2n) is 4.92. The summed E-state index contributed by atoms with van der Waals surface area (Å²) < 4.78 is 6.70. The molecule has 0 bridgehead atoms. The molecule has 0 aromatic heterocycles. The second-order valence-corrected chi connectivity index (χ2v) is 6.18. The Morgan fingerprint density at radius 2 is 2.00 bits per heavy atom. The van der Waals surface area contributed by atoms with E-state index in [0.29, 0.717) is 6.61 Å². The van der Waals surface area contributed by atoms with Crippen molar-refractivity contribution in [2.24, 2.45) is 0 Å². The van der Waals surface area contributed by atoms with Crippen molar-refractivity contribution in [3.63, 3.8) is 0 Å². The van der Waals surface area contributed by atoms with Gasteiger partial charge in [0.2, 0.25) is 0 Å². The SMILES string of the molecule is CCOc1ccccc1C(C)Nc1cc(Cl)c(C)cc1Br. The van der Waals surface area contributed by atoms with E-state index in [9.17, 15) is 0 Å². The molecule has 2 rings (SSSR count). The van der Waals surface area contributed by atoms with Gasteiger partial charge in [-0.25, -0.2) is 0 Å². The summed E-state index contributed by atoms with van der Waals surface area (Å²) in [5.41, 5.74) is 3.16. The molecule has 2 nitrogen and oxygen atoms in total. The van der Waals surface area contributed by atoms with Gasteiger partial charge in [0, 0.05) is 15.1 Å². The summed E-state index contributed by atoms with van der Waals surface area (Å²) in [6.45, 7) is 6.75. The van der Waals surface area contributed by atoms with Gasteiger partial charge in [0.15, 0.2) is 0 Å². The predicted molar refractivity (Wildman–Crippen MR) is 93.5 cm³/mol. The van der Waals surface area contributed by atoms with Gasteiger partial charge in [-0.3, -0.25) is 0 Å². The van der Waals surface area contributed by atoms with Crippen molar-refractivity contribution in [1.82, 2.24) is 0 Å². The lowest BCUT2D eigenvalue weighted by molar-refractivity contribution is 0.335. The standard InChI is InChI=1S/C17H19BrClNO/c1-4-21-17-8-6-5-7-13(17)12(3)20-16-10-15(19)11(2)9-14(16)18/h5-10,12,20H,4H2,1-3H3. The van der Waals surface area contributed by atoms with Crippen LogP contribution in [0.2, 0.25) is 5.02 Å². The van der Waals surface area contributed by atoms with Gasteiger partial charge in [-0.1, -0.05) is 29.8 Å². The van der Waals surface area contributed by atoms with Gasteiger partial charge in [0.25, 0.3) is 0 Å². The quantitative estimate of drug-likeness (QED) is 0.700. The smallest absolute Gasteiger partial charge is 0.124 e. The van der Waals surface area contributed by atoms with Gasteiger partial charge in [0.05, 0.1) is 18.3 Å². The van der Waals surface area contributed by atoms with Crippen LogP contribution in [0.1, 0.15) is 31.0 Å². The third kappa shape index (κ3) is 3.92. The Morgan fingerprint density at radius 3 is 2.71 bits per heavy atom. The lowest BCUT2D eigenvalue weighted by Crippen LogP contribution is -2.09. The van der Waals surface area contributed by atoms with Crippen LogP contribution < -0.4 is 10.1 Å². The maximum Gasteiger partial charge on any atom is 0.124 e. The molecule has 0 aliphatic rings. The summed E-state index contributed by atoms with van der Waals surface area (Å²) in [4.78, 5) is 0. The van der Waals surface area contributed by atoms with Crippen molar-refractivity contribution in [3.05, 3.63) is 57.0 Å². The fourth-order valence-corrected chi connectivity index (χ4v) is 2.93. The van der Waals surface area contributed by atoms with Crippen LogP contribution in [0.15, 0.2) is 40.9 Å². The number of para-hydroxylation sites is 1. The van der Waals surface area contributed by atoms with Crippen LogP contribution in [0.25, 0.3) is 0 Å². The summed E-state index contributed by atoms with van der Waals surface area (Å²) in [6.07, 6.45) is 0. The number of hydrogen-bond acceptors (Lipinski definition) is 2. The zero-order valence-corrected chi connectivity index (χ0v) is 14.8. The molecule has 0 heterocycles. The highest BCUT2D eigenvalue weighted by atomic mass is 79.9. The Labute approximate surface area is 139 Å². The summed E-state index contributed by atoms with van der Waals surface area (Å²) in [7, 11) is 0. The fraction of sp³-hybridized carbons (Fsp3) is 0.294. The molecule has 0 fully saturated rings. The molecule has 0 saturated heterocycles. The van der Waals surface area contributed by atoms with E-state index in [1.165, 1.54) is 0 Å². The normalized spacial score (nSPS) is 12.0. The van der Waals surface area contributed by atoms with Crippen LogP contribution in [0, 0.1) is 6.92 Å². The molecule has 0 radical (unpaired) electrons. The molecule has 4 heteroatoms. The van der Waals surface area contributed by atoms with Gasteiger partial charge in [-0.15, -0.1) is 0 Å². The largest absolute Gasteiger partial charge is 0.494 e. The number of ether oxygens (including phenoxy) is 1. The lowest BCUT2D eigenvalue weighted by Gasteiger charge is -2.20. The Balaban J connectivity index is 2.26. The zero-order chi connectivity index (χ0) is 15.4. The molecular weight excluding hydrogens is 350 g/mol. The molecule has 1 atom stereocenters. The number of rotatable bonds is 5. The molecule has 1 N–H and O–H groups in total. The zero-order valence-electron chi connectivity index (χ0n) is 12.4. The average molecular weight is 369 g/mol. The molecule has 2 aromatic rings. The summed E-state index contributed by atoms with van der Waals surface area (Å²) in [6, 6.07) is 12.2. The first kappa shape index (κ1) is 16.2. The van der Waals surface area contributed by atoms with Crippen LogP contribution in [0.4, 0.5) is 5.69 Å². The van der Waals surface area contributed by atoms with Crippen LogP contribution >= 0.6 is 27.5 Å². The molecule has 2 aromatic carbocycles. The molecule has 0 saturated carbocycles. The fourth-order valence-electron chi connectivity index (χ4n) is 2.19. The van der Waals surface area contributed by atoms with Gasteiger partial charge >= 0.3 is 0 Å². The highest BCUT2D eigenvalue weighted by molar-refractivity contribution is 9.10. The van der Waals surface area contributed by atoms with E-state index in [2.05, 4.69) is 34.2 Å². The van der Waals surface area contributed by atoms with Gasteiger partial charge in [0.1, 0.15) is 5.75 Å². The van der Waals surface area contributed by atoms with E-state index in [-0.39, 0.29) is 6.04 Å². The minimum Gasteiger partial charge on any atom is -0.494 e. The van der Waals surface area contributed by atoms with Crippen molar-refractivity contribution in [2.75, 3.05) is 11.9 Å². The van der Waals surface area contributed by atoms with Crippen molar-refractivity contribution in [2.45, 2.75) is 26.8 Å². The van der Waals surface area contributed by atoms with E-state index < -0.39 is 0 Å². The summed E-state index contributed by atoms with van der Waals surface area (Å²) in [5.74, 6) is 0.911. The van der Waals surface area contributed by atoms with Crippen molar-refractivity contribution in [3.8, 4) is 5.75 Å². The summed E-state index contributed by atoms with van der Waals surface area (Å²) in [5, 5.41) is 4.24. The number of halogens is 2. The first-order chi connectivity index (χ1) is 10.0. The Bertz CT molecular complexity index is 630. The monoisotopic (exact) mass is 367 g/mol. The second kappa shape index (κ2) is 7.19. The van der Waals surface area contributed by atoms with E-state index in [1.807, 2.05) is 44.2 Å². The highest BCUT2D eigenvalue weighted by Gasteiger charge is 2.13. The Kier molecular flexibility index (Phi) is 5.54. The molecule has 21 heavy (non-hydrogen) atoms. The minimum absolute atomic E-state index is 0.114. The van der Waals surface area contributed by atoms with E-state index in [4.69, 9.17) is 16.3 Å². The number of aryl methyl sites for hydroxylation is 1. The van der Waals surface area contributed by atoms with Gasteiger partial charge in [-0.2, -0.15) is 0 Å². The lowest BCUT2D eigenvalue weighted by atomic mass is 10.1. The van der Waals surface area contributed by atoms with Crippen LogP contribution in [0.5, 0.6) is 5.75 Å². The minimum atomic E-state index is 0.114. The molecule has 112 valence electrons. The number of nitrogens with one attached hydrogen (secondary N) is 1. The van der Waals surface area contributed by atoms with Crippen LogP contribution in [0.3, 0.4) is 0 Å². The van der Waals surface area contributed by atoms with Crippen LogP contribution in [-0.2, 0) is 0 Å². The molecule has 0 amide bonds. The third-order valence-corrected chi connectivity index (χ3v) is 4.37. The molecule has 0 aliphatic carbocycles. The Morgan fingerprint density at radius 1 is 1.29 bits per heavy atom. The number of hydrogen-bond donors (Lipinski definition) is 1. The number of benzene rings is 2. The van der Waals surface area contributed by atoms with Gasteiger partial charge < -0.3 is 10.1 Å². The predicted octanol–water partition coefficient (Wildman–Crippen LogP) is 5.98. The third-order valence-electron chi connectivity index (χ3n) is 3.31. The first-order valence-corrected chi connectivity index (χ1v) is 8.14. The van der Waals surface area contributed by atoms with E-state index in [1.54, 1.807) is 0 Å². The van der Waals surface area contributed by atoms with E-state index >= 15 is 0 Å². The topological polar surface area (TPSA) is 21.3 Å². The molecular formula is C17H19BrClNO. The summed E-state index contributed by atoms with van der Waals surface area (Å²) >= 11 is 9.79. The number of anilines is 1. The highest BCUT2D eigenvalue weighted by Crippen LogP contribution is 2.33. The maximum absolute atomic E-state index is 6.21. The molecule has 0 aliphatic heterocycles. The van der Waals surface area contributed by atoms with E-state index in [0.717, 1.165) is 32.1 Å². The maximum atomic E-state index is 6.21. The molecule has 1 unspecified atom stereocenters. The molecule has 0 spiro atoms. The van der Waals surface area contributed by atoms with Crippen LogP contribution in [-0.4, -0.2) is 6.61 Å².